The van der Waals surface area contributed by atoms with Crippen LogP contribution in [0, 0.1) is 5.82 Å². The third-order valence-electron chi connectivity index (χ3n) is 3.26. The Labute approximate surface area is 150 Å². The Morgan fingerprint density at radius 3 is 2.83 bits per heavy atom. The molecular formula is C17H12BrFN2O2S. The van der Waals surface area contributed by atoms with Crippen molar-refractivity contribution in [3.63, 3.8) is 0 Å². The molecule has 0 aliphatic heterocycles. The number of carbonyl (C=O) groups excluding carboxylic acids is 1. The van der Waals surface area contributed by atoms with Gasteiger partial charge in [0.2, 0.25) is 0 Å². The predicted octanol–water partition coefficient (Wildman–Crippen LogP) is 4.97. The van der Waals surface area contributed by atoms with Gasteiger partial charge in [-0.2, -0.15) is 0 Å². The van der Waals surface area contributed by atoms with Gasteiger partial charge in [-0.05, 0) is 36.4 Å². The Balaban J connectivity index is 1.78. The first-order chi connectivity index (χ1) is 11.6. The molecule has 0 aliphatic rings. The number of nitrogens with zero attached hydrogens (tertiary/aromatic N) is 1. The summed E-state index contributed by atoms with van der Waals surface area (Å²) in [6, 6.07) is 11.7. The van der Waals surface area contributed by atoms with Crippen LogP contribution in [-0.4, -0.2) is 18.0 Å². The van der Waals surface area contributed by atoms with Crippen LogP contribution in [0.15, 0.2) is 52.3 Å². The van der Waals surface area contributed by atoms with E-state index < -0.39 is 5.82 Å². The molecule has 1 amide bonds. The van der Waals surface area contributed by atoms with Gasteiger partial charge in [-0.1, -0.05) is 22.0 Å². The molecule has 24 heavy (non-hydrogen) atoms. The summed E-state index contributed by atoms with van der Waals surface area (Å²) in [5.41, 5.74) is 1.73. The first-order valence-corrected chi connectivity index (χ1v) is 8.60. The van der Waals surface area contributed by atoms with Gasteiger partial charge in [-0.15, -0.1) is 11.3 Å². The number of hydrogen-bond donors (Lipinski definition) is 1. The summed E-state index contributed by atoms with van der Waals surface area (Å²) in [5.74, 6) is -0.530. The summed E-state index contributed by atoms with van der Waals surface area (Å²) < 4.78 is 19.5. The van der Waals surface area contributed by atoms with Gasteiger partial charge in [0.1, 0.15) is 0 Å². The smallest absolute Gasteiger partial charge is 0.257 e. The van der Waals surface area contributed by atoms with Crippen LogP contribution >= 0.6 is 27.3 Å². The number of carbonyl (C=O) groups is 1. The summed E-state index contributed by atoms with van der Waals surface area (Å²) in [4.78, 5) is 16.5. The highest BCUT2D eigenvalue weighted by Crippen LogP contribution is 2.28. The summed E-state index contributed by atoms with van der Waals surface area (Å²) >= 11 is 4.61. The van der Waals surface area contributed by atoms with Crippen molar-refractivity contribution in [1.29, 1.82) is 0 Å². The molecule has 2 aromatic carbocycles. The average Bonchev–Trinajstić information content (AvgIpc) is 3.03. The lowest BCUT2D eigenvalue weighted by atomic mass is 10.1. The SMILES string of the molecule is COc1ccc(-c2csc(NC(=O)c3cccc(Br)c3)n2)cc1F. The van der Waals surface area contributed by atoms with Gasteiger partial charge in [0, 0.05) is 21.0 Å². The second kappa shape index (κ2) is 7.11. The standard InChI is InChI=1S/C17H12BrFN2O2S/c1-23-15-6-5-10(8-13(15)19)14-9-24-17(20-14)21-16(22)11-3-2-4-12(18)7-11/h2-9H,1H3,(H,20,21,22). The Hall–Kier alpha value is -2.25. The van der Waals surface area contributed by atoms with E-state index in [1.54, 1.807) is 35.7 Å². The zero-order valence-corrected chi connectivity index (χ0v) is 14.9. The first kappa shape index (κ1) is 16.6. The van der Waals surface area contributed by atoms with Gasteiger partial charge >= 0.3 is 0 Å². The molecule has 1 N–H and O–H groups in total. The fourth-order valence-electron chi connectivity index (χ4n) is 2.09. The maximum atomic E-state index is 13.8. The zero-order valence-electron chi connectivity index (χ0n) is 12.5. The van der Waals surface area contributed by atoms with Crippen molar-refractivity contribution in [3.8, 4) is 17.0 Å². The monoisotopic (exact) mass is 406 g/mol. The van der Waals surface area contributed by atoms with Crippen LogP contribution in [0.3, 0.4) is 0 Å². The van der Waals surface area contributed by atoms with Gasteiger partial charge in [0.05, 0.1) is 12.8 Å². The number of benzene rings is 2. The molecule has 0 bridgehead atoms. The number of amides is 1. The van der Waals surface area contributed by atoms with Crippen LogP contribution in [-0.2, 0) is 0 Å². The van der Waals surface area contributed by atoms with Crippen molar-refractivity contribution in [3.05, 3.63) is 63.7 Å². The van der Waals surface area contributed by atoms with Crippen LogP contribution in [0.4, 0.5) is 9.52 Å². The van der Waals surface area contributed by atoms with Crippen molar-refractivity contribution in [2.75, 3.05) is 12.4 Å². The number of nitrogens with one attached hydrogen (secondary N) is 1. The fraction of sp³-hybridized carbons (Fsp3) is 0.0588. The average molecular weight is 407 g/mol. The Bertz CT molecular complexity index is 898. The molecule has 0 atom stereocenters. The molecule has 0 unspecified atom stereocenters. The molecule has 4 nitrogen and oxygen atoms in total. The van der Waals surface area contributed by atoms with Crippen molar-refractivity contribution in [2.45, 2.75) is 0 Å². The summed E-state index contributed by atoms with van der Waals surface area (Å²) in [6.07, 6.45) is 0. The predicted molar refractivity (Wildman–Crippen MR) is 96.2 cm³/mol. The van der Waals surface area contributed by atoms with E-state index in [0.717, 1.165) is 4.47 Å². The second-order valence-corrected chi connectivity index (χ2v) is 6.63. The van der Waals surface area contributed by atoms with Gasteiger partial charge in [-0.3, -0.25) is 10.1 Å². The lowest BCUT2D eigenvalue weighted by Crippen LogP contribution is -2.11. The van der Waals surface area contributed by atoms with Crippen molar-refractivity contribution in [1.82, 2.24) is 4.98 Å². The topological polar surface area (TPSA) is 51.2 Å². The number of anilines is 1. The molecule has 0 saturated carbocycles. The minimum Gasteiger partial charge on any atom is -0.494 e. The molecule has 3 aromatic rings. The van der Waals surface area contributed by atoms with Crippen LogP contribution in [0.1, 0.15) is 10.4 Å². The van der Waals surface area contributed by atoms with Crippen molar-refractivity contribution >= 4 is 38.3 Å². The van der Waals surface area contributed by atoms with Crippen LogP contribution in [0.25, 0.3) is 11.3 Å². The highest BCUT2D eigenvalue weighted by Gasteiger charge is 2.12. The number of aromatic nitrogens is 1. The quantitative estimate of drug-likeness (QED) is 0.664. The Kier molecular flexibility index (Phi) is 4.92. The Morgan fingerprint density at radius 2 is 2.12 bits per heavy atom. The largest absolute Gasteiger partial charge is 0.494 e. The van der Waals surface area contributed by atoms with Crippen LogP contribution in [0.5, 0.6) is 5.75 Å². The number of rotatable bonds is 4. The van der Waals surface area contributed by atoms with E-state index in [9.17, 15) is 9.18 Å². The lowest BCUT2D eigenvalue weighted by Gasteiger charge is -2.03. The number of ether oxygens (including phenoxy) is 1. The Morgan fingerprint density at radius 1 is 1.29 bits per heavy atom. The third kappa shape index (κ3) is 3.63. The first-order valence-electron chi connectivity index (χ1n) is 6.93. The molecule has 1 aromatic heterocycles. The maximum absolute atomic E-state index is 13.8. The van der Waals surface area contributed by atoms with Crippen LogP contribution < -0.4 is 10.1 Å². The summed E-state index contributed by atoms with van der Waals surface area (Å²) in [7, 11) is 1.41. The molecule has 0 fully saturated rings. The third-order valence-corrected chi connectivity index (χ3v) is 4.51. The highest BCUT2D eigenvalue weighted by atomic mass is 79.9. The molecule has 3 rings (SSSR count). The van der Waals surface area contributed by atoms with E-state index in [0.29, 0.717) is 22.0 Å². The van der Waals surface area contributed by atoms with Crippen molar-refractivity contribution in [2.24, 2.45) is 0 Å². The number of hydrogen-bond acceptors (Lipinski definition) is 4. The number of thiazole rings is 1. The molecule has 0 spiro atoms. The van der Waals surface area contributed by atoms with Gasteiger partial charge in [0.25, 0.3) is 5.91 Å². The van der Waals surface area contributed by atoms with E-state index >= 15 is 0 Å². The molecule has 0 saturated heterocycles. The zero-order chi connectivity index (χ0) is 17.1. The summed E-state index contributed by atoms with van der Waals surface area (Å²) in [6.45, 7) is 0. The molecule has 0 radical (unpaired) electrons. The fourth-order valence-corrected chi connectivity index (χ4v) is 3.20. The number of methoxy groups -OCH3 is 1. The highest BCUT2D eigenvalue weighted by molar-refractivity contribution is 9.10. The van der Waals surface area contributed by atoms with E-state index in [-0.39, 0.29) is 11.7 Å². The van der Waals surface area contributed by atoms with Crippen molar-refractivity contribution < 1.29 is 13.9 Å². The van der Waals surface area contributed by atoms with Gasteiger partial charge < -0.3 is 4.74 Å². The van der Waals surface area contributed by atoms with E-state index in [4.69, 9.17) is 4.74 Å². The molecule has 1 heterocycles. The molecule has 122 valence electrons. The van der Waals surface area contributed by atoms with Crippen LogP contribution in [0.2, 0.25) is 0 Å². The van der Waals surface area contributed by atoms with E-state index in [1.165, 1.54) is 24.5 Å². The second-order valence-electron chi connectivity index (χ2n) is 4.85. The molecular weight excluding hydrogens is 395 g/mol. The molecule has 0 aliphatic carbocycles. The van der Waals surface area contributed by atoms with Gasteiger partial charge in [0.15, 0.2) is 16.7 Å². The molecule has 7 heteroatoms. The normalized spacial score (nSPS) is 10.5. The van der Waals surface area contributed by atoms with E-state index in [1.807, 2.05) is 6.07 Å². The minimum absolute atomic E-state index is 0.178. The number of halogens is 2. The van der Waals surface area contributed by atoms with E-state index in [2.05, 4.69) is 26.2 Å². The minimum atomic E-state index is -0.456. The maximum Gasteiger partial charge on any atom is 0.257 e. The summed E-state index contributed by atoms with van der Waals surface area (Å²) in [5, 5.41) is 4.95. The lowest BCUT2D eigenvalue weighted by molar-refractivity contribution is 0.102. The van der Waals surface area contributed by atoms with Gasteiger partial charge in [-0.25, -0.2) is 9.37 Å².